The van der Waals surface area contributed by atoms with Gasteiger partial charge in [0, 0.05) is 3.57 Å². The summed E-state index contributed by atoms with van der Waals surface area (Å²) in [5, 5.41) is 0. The minimum absolute atomic E-state index is 0.625. The molecule has 0 bridgehead atoms. The fraction of sp³-hybridized carbons (Fsp3) is 0.400. The minimum atomic E-state index is 0.625. The summed E-state index contributed by atoms with van der Waals surface area (Å²) >= 11 is 2.29. The third-order valence-electron chi connectivity index (χ3n) is 2.33. The van der Waals surface area contributed by atoms with Crippen LogP contribution in [-0.4, -0.2) is 0 Å². The second-order valence-corrected chi connectivity index (χ2v) is 4.36. The summed E-state index contributed by atoms with van der Waals surface area (Å²) in [4.78, 5) is 0. The molecule has 1 atom stereocenters. The van der Waals surface area contributed by atoms with Crippen LogP contribution in [0.3, 0.4) is 0 Å². The normalized spacial score (nSPS) is 12.6. The first kappa shape index (κ1) is 10.8. The van der Waals surface area contributed by atoms with Gasteiger partial charge in [-0.25, -0.2) is 0 Å². The van der Waals surface area contributed by atoms with Crippen molar-refractivity contribution in [3.63, 3.8) is 0 Å². The van der Waals surface area contributed by atoms with Crippen LogP contribution < -0.4 is 11.3 Å². The number of nitrogen functional groups attached to an aromatic ring is 1. The molecule has 0 heterocycles. The fourth-order valence-corrected chi connectivity index (χ4v) is 1.89. The number of anilines is 1. The highest BCUT2D eigenvalue weighted by molar-refractivity contribution is 14.1. The maximum Gasteiger partial charge on any atom is 0.0618 e. The van der Waals surface area contributed by atoms with E-state index in [1.54, 1.807) is 0 Å². The first-order valence-corrected chi connectivity index (χ1v) is 5.53. The van der Waals surface area contributed by atoms with Gasteiger partial charge in [0.2, 0.25) is 0 Å². The van der Waals surface area contributed by atoms with Crippen LogP contribution in [0.1, 0.15) is 31.7 Å². The van der Waals surface area contributed by atoms with E-state index < -0.39 is 0 Å². The molecule has 3 heteroatoms. The van der Waals surface area contributed by atoms with E-state index in [-0.39, 0.29) is 0 Å². The lowest BCUT2D eigenvalue weighted by Gasteiger charge is -2.11. The van der Waals surface area contributed by atoms with Gasteiger partial charge >= 0.3 is 0 Å². The summed E-state index contributed by atoms with van der Waals surface area (Å²) < 4.78 is 1.18. The number of benzene rings is 1. The molecule has 0 aliphatic rings. The van der Waals surface area contributed by atoms with Gasteiger partial charge in [0.1, 0.15) is 0 Å². The molecule has 0 fully saturated rings. The number of rotatable bonds is 3. The first-order chi connectivity index (χ1) is 6.19. The number of nitrogens with two attached hydrogens (primary N) is 1. The monoisotopic (exact) mass is 290 g/mol. The summed E-state index contributed by atoms with van der Waals surface area (Å²) in [5.41, 5.74) is 5.05. The summed E-state index contributed by atoms with van der Waals surface area (Å²) in [7, 11) is 0. The van der Waals surface area contributed by atoms with Crippen LogP contribution in [0.4, 0.5) is 5.69 Å². The first-order valence-electron chi connectivity index (χ1n) is 4.45. The lowest BCUT2D eigenvalue weighted by molar-refractivity contribution is 0.733. The Morgan fingerprint density at radius 1 is 1.54 bits per heavy atom. The maximum absolute atomic E-state index is 5.35. The zero-order valence-electron chi connectivity index (χ0n) is 7.97. The molecule has 1 aromatic carbocycles. The number of nitrogens with one attached hydrogen (secondary N) is 1. The van der Waals surface area contributed by atoms with E-state index in [2.05, 4.69) is 54.0 Å². The summed E-state index contributed by atoms with van der Waals surface area (Å²) in [6.45, 7) is 4.44. The van der Waals surface area contributed by atoms with Crippen LogP contribution in [-0.2, 0) is 0 Å². The van der Waals surface area contributed by atoms with Crippen molar-refractivity contribution in [2.24, 2.45) is 5.84 Å². The molecular formula is C10H15IN2. The van der Waals surface area contributed by atoms with Gasteiger partial charge in [0.05, 0.1) is 5.69 Å². The Labute approximate surface area is 93.0 Å². The van der Waals surface area contributed by atoms with Crippen LogP contribution >= 0.6 is 22.6 Å². The van der Waals surface area contributed by atoms with Gasteiger partial charge in [0.25, 0.3) is 0 Å². The second-order valence-electron chi connectivity index (χ2n) is 3.19. The van der Waals surface area contributed by atoms with Crippen molar-refractivity contribution in [1.29, 1.82) is 0 Å². The highest BCUT2D eigenvalue weighted by Gasteiger charge is 2.05. The molecule has 1 aromatic rings. The molecule has 0 aliphatic carbocycles. The van der Waals surface area contributed by atoms with Crippen LogP contribution in [0.5, 0.6) is 0 Å². The van der Waals surface area contributed by atoms with Crippen LogP contribution in [0, 0.1) is 3.57 Å². The van der Waals surface area contributed by atoms with Gasteiger partial charge in [-0.3, -0.25) is 5.84 Å². The third-order valence-corrected chi connectivity index (χ3v) is 3.22. The molecule has 3 N–H and O–H groups in total. The molecular weight excluding hydrogens is 275 g/mol. The Morgan fingerprint density at radius 3 is 2.69 bits per heavy atom. The molecule has 13 heavy (non-hydrogen) atoms. The second kappa shape index (κ2) is 4.81. The van der Waals surface area contributed by atoms with Crippen molar-refractivity contribution < 1.29 is 0 Å². The fourth-order valence-electron chi connectivity index (χ4n) is 1.19. The van der Waals surface area contributed by atoms with E-state index in [4.69, 9.17) is 5.84 Å². The largest absolute Gasteiger partial charge is 0.323 e. The van der Waals surface area contributed by atoms with Crippen molar-refractivity contribution in [2.75, 3.05) is 5.43 Å². The smallest absolute Gasteiger partial charge is 0.0618 e. The molecule has 1 unspecified atom stereocenters. The van der Waals surface area contributed by atoms with Crippen molar-refractivity contribution >= 4 is 28.3 Å². The zero-order valence-corrected chi connectivity index (χ0v) is 10.1. The molecule has 0 amide bonds. The number of hydrazine groups is 1. The van der Waals surface area contributed by atoms with Gasteiger partial charge in [-0.05, 0) is 52.6 Å². The quantitative estimate of drug-likeness (QED) is 0.510. The highest BCUT2D eigenvalue weighted by Crippen LogP contribution is 2.24. The molecule has 1 rings (SSSR count). The standard InChI is InChI=1S/C10H15IN2/c1-3-7(2)8-4-5-10(13-12)9(11)6-8/h4-7,13H,3,12H2,1-2H3. The van der Waals surface area contributed by atoms with Crippen molar-refractivity contribution in [3.8, 4) is 0 Å². The number of hydrogen-bond acceptors (Lipinski definition) is 2. The molecule has 2 nitrogen and oxygen atoms in total. The Hall–Kier alpha value is -0.290. The van der Waals surface area contributed by atoms with Crippen molar-refractivity contribution in [1.82, 2.24) is 0 Å². The average molecular weight is 290 g/mol. The van der Waals surface area contributed by atoms with Gasteiger partial charge < -0.3 is 5.43 Å². The van der Waals surface area contributed by atoms with Gasteiger partial charge in [-0.15, -0.1) is 0 Å². The SMILES string of the molecule is CCC(C)c1ccc(NN)c(I)c1. The Balaban J connectivity index is 2.95. The van der Waals surface area contributed by atoms with Crippen molar-refractivity contribution in [2.45, 2.75) is 26.2 Å². The molecule has 0 saturated heterocycles. The highest BCUT2D eigenvalue weighted by atomic mass is 127. The van der Waals surface area contributed by atoms with E-state index in [0.717, 1.165) is 5.69 Å². The predicted octanol–water partition coefficient (Wildman–Crippen LogP) is 3.09. The van der Waals surface area contributed by atoms with E-state index in [9.17, 15) is 0 Å². The number of halogens is 1. The average Bonchev–Trinajstić information content (AvgIpc) is 2.16. The topological polar surface area (TPSA) is 38.0 Å². The van der Waals surface area contributed by atoms with Crippen molar-refractivity contribution in [3.05, 3.63) is 27.3 Å². The number of hydrogen-bond donors (Lipinski definition) is 2. The molecule has 72 valence electrons. The lowest BCUT2D eigenvalue weighted by Crippen LogP contribution is -2.08. The van der Waals surface area contributed by atoms with E-state index in [0.29, 0.717) is 5.92 Å². The predicted molar refractivity (Wildman–Crippen MR) is 65.7 cm³/mol. The molecule has 0 spiro atoms. The molecule has 0 saturated carbocycles. The summed E-state index contributed by atoms with van der Waals surface area (Å²) in [5.74, 6) is 5.98. The summed E-state index contributed by atoms with van der Waals surface area (Å²) in [6.07, 6.45) is 1.17. The van der Waals surface area contributed by atoms with E-state index in [1.807, 2.05) is 6.07 Å². The van der Waals surface area contributed by atoms with E-state index in [1.165, 1.54) is 15.6 Å². The molecule has 0 aromatic heterocycles. The van der Waals surface area contributed by atoms with Crippen LogP contribution in [0.25, 0.3) is 0 Å². The van der Waals surface area contributed by atoms with E-state index >= 15 is 0 Å². The maximum atomic E-state index is 5.35. The third kappa shape index (κ3) is 2.57. The molecule has 0 aliphatic heterocycles. The Morgan fingerprint density at radius 2 is 2.23 bits per heavy atom. The molecule has 0 radical (unpaired) electrons. The minimum Gasteiger partial charge on any atom is -0.323 e. The van der Waals surface area contributed by atoms with Crippen LogP contribution in [0.15, 0.2) is 18.2 Å². The Bertz CT molecular complexity index is 286. The van der Waals surface area contributed by atoms with Crippen LogP contribution in [0.2, 0.25) is 0 Å². The lowest BCUT2D eigenvalue weighted by atomic mass is 9.99. The van der Waals surface area contributed by atoms with Gasteiger partial charge in [-0.2, -0.15) is 0 Å². The van der Waals surface area contributed by atoms with Gasteiger partial charge in [-0.1, -0.05) is 19.9 Å². The summed E-state index contributed by atoms with van der Waals surface area (Å²) in [6, 6.07) is 6.35. The van der Waals surface area contributed by atoms with Gasteiger partial charge in [0.15, 0.2) is 0 Å². The Kier molecular flexibility index (Phi) is 3.99. The zero-order chi connectivity index (χ0) is 9.84.